The van der Waals surface area contributed by atoms with Crippen LogP contribution in [0.3, 0.4) is 0 Å². The lowest BCUT2D eigenvalue weighted by Crippen LogP contribution is -2.47. The number of hydrogen-bond acceptors (Lipinski definition) is 4. The summed E-state index contributed by atoms with van der Waals surface area (Å²) in [6, 6.07) is 3.69. The highest BCUT2D eigenvalue weighted by Gasteiger charge is 2.30. The van der Waals surface area contributed by atoms with Crippen molar-refractivity contribution in [2.45, 2.75) is 39.7 Å². The Kier molecular flexibility index (Phi) is 6.10. The number of carbonyl (C=O) groups is 2. The van der Waals surface area contributed by atoms with Gasteiger partial charge in [0, 0.05) is 25.9 Å². The molecule has 2 amide bonds. The van der Waals surface area contributed by atoms with Gasteiger partial charge >= 0.3 is 0 Å². The molecule has 1 saturated heterocycles. The summed E-state index contributed by atoms with van der Waals surface area (Å²) >= 11 is 0. The summed E-state index contributed by atoms with van der Waals surface area (Å²) in [4.78, 5) is 30.6. The Bertz CT molecular complexity index is 545. The van der Waals surface area contributed by atoms with Gasteiger partial charge in [-0.2, -0.15) is 0 Å². The fraction of sp³-hybridized carbons (Fsp3) is 0.588. The van der Waals surface area contributed by atoms with E-state index in [2.05, 4.69) is 10.3 Å². The highest BCUT2D eigenvalue weighted by atomic mass is 16.5. The summed E-state index contributed by atoms with van der Waals surface area (Å²) in [6.07, 6.45) is 2.87. The number of amides is 2. The third kappa shape index (κ3) is 4.76. The van der Waals surface area contributed by atoms with Crippen molar-refractivity contribution in [3.63, 3.8) is 0 Å². The number of ether oxygens (including phenoxy) is 1. The van der Waals surface area contributed by atoms with Crippen LogP contribution < -0.4 is 5.32 Å². The first kappa shape index (κ1) is 17.4. The Morgan fingerprint density at radius 3 is 2.91 bits per heavy atom. The maximum atomic E-state index is 12.4. The largest absolute Gasteiger partial charge is 0.369 e. The van der Waals surface area contributed by atoms with E-state index in [9.17, 15) is 9.59 Å². The van der Waals surface area contributed by atoms with Gasteiger partial charge in [-0.05, 0) is 45.2 Å². The Morgan fingerprint density at radius 1 is 1.48 bits per heavy atom. The SMILES string of the molecule is CCO[C@H](C)C(=O)N1CCC[C@@H](C(=O)Nc2ccc(C)cn2)C1. The lowest BCUT2D eigenvalue weighted by atomic mass is 9.96. The van der Waals surface area contributed by atoms with Crippen molar-refractivity contribution in [1.82, 2.24) is 9.88 Å². The molecule has 0 aromatic carbocycles. The van der Waals surface area contributed by atoms with Crippen molar-refractivity contribution in [3.05, 3.63) is 23.9 Å². The van der Waals surface area contributed by atoms with Gasteiger partial charge in [0.2, 0.25) is 5.91 Å². The molecule has 0 saturated carbocycles. The van der Waals surface area contributed by atoms with Gasteiger partial charge in [0.1, 0.15) is 11.9 Å². The second kappa shape index (κ2) is 8.06. The summed E-state index contributed by atoms with van der Waals surface area (Å²) in [6.45, 7) is 7.19. The molecule has 1 aliphatic rings. The zero-order chi connectivity index (χ0) is 16.8. The molecule has 2 heterocycles. The monoisotopic (exact) mass is 319 g/mol. The first-order chi connectivity index (χ1) is 11.0. The number of hydrogen-bond donors (Lipinski definition) is 1. The third-order valence-electron chi connectivity index (χ3n) is 4.03. The van der Waals surface area contributed by atoms with Crippen molar-refractivity contribution >= 4 is 17.6 Å². The number of carbonyl (C=O) groups excluding carboxylic acids is 2. The second-order valence-corrected chi connectivity index (χ2v) is 5.93. The summed E-state index contributed by atoms with van der Waals surface area (Å²) in [7, 11) is 0. The van der Waals surface area contributed by atoms with E-state index in [1.807, 2.05) is 19.9 Å². The van der Waals surface area contributed by atoms with Crippen molar-refractivity contribution in [3.8, 4) is 0 Å². The number of aryl methyl sites for hydroxylation is 1. The molecule has 1 N–H and O–H groups in total. The van der Waals surface area contributed by atoms with Crippen LogP contribution in [0.5, 0.6) is 0 Å². The fourth-order valence-corrected chi connectivity index (χ4v) is 2.74. The van der Waals surface area contributed by atoms with E-state index in [0.29, 0.717) is 25.5 Å². The number of nitrogens with zero attached hydrogens (tertiary/aromatic N) is 2. The number of piperidine rings is 1. The highest BCUT2D eigenvalue weighted by Crippen LogP contribution is 2.19. The first-order valence-electron chi connectivity index (χ1n) is 8.15. The number of aromatic nitrogens is 1. The van der Waals surface area contributed by atoms with Gasteiger partial charge in [0.25, 0.3) is 5.91 Å². The van der Waals surface area contributed by atoms with Crippen molar-refractivity contribution in [1.29, 1.82) is 0 Å². The first-order valence-corrected chi connectivity index (χ1v) is 8.15. The summed E-state index contributed by atoms with van der Waals surface area (Å²) in [5, 5.41) is 2.83. The Hall–Kier alpha value is -1.95. The molecule has 2 rings (SSSR count). The molecule has 0 bridgehead atoms. The zero-order valence-corrected chi connectivity index (χ0v) is 14.0. The normalized spacial score (nSPS) is 19.3. The molecule has 0 unspecified atom stereocenters. The summed E-state index contributed by atoms with van der Waals surface area (Å²) in [5.74, 6) is 0.220. The van der Waals surface area contributed by atoms with Crippen LogP contribution in [0.25, 0.3) is 0 Å². The number of nitrogens with one attached hydrogen (secondary N) is 1. The number of likely N-dealkylation sites (tertiary alicyclic amines) is 1. The molecule has 2 atom stereocenters. The average molecular weight is 319 g/mol. The highest BCUT2D eigenvalue weighted by molar-refractivity contribution is 5.92. The molecule has 1 aromatic heterocycles. The third-order valence-corrected chi connectivity index (χ3v) is 4.03. The zero-order valence-electron chi connectivity index (χ0n) is 14.0. The summed E-state index contributed by atoms with van der Waals surface area (Å²) < 4.78 is 5.36. The van der Waals surface area contributed by atoms with Crippen LogP contribution in [0, 0.1) is 12.8 Å². The van der Waals surface area contributed by atoms with Crippen LogP contribution in [0.1, 0.15) is 32.3 Å². The minimum Gasteiger partial charge on any atom is -0.369 e. The molecular weight excluding hydrogens is 294 g/mol. The summed E-state index contributed by atoms with van der Waals surface area (Å²) in [5.41, 5.74) is 1.04. The van der Waals surface area contributed by atoms with Crippen molar-refractivity contribution < 1.29 is 14.3 Å². The predicted octanol–water partition coefficient (Wildman–Crippen LogP) is 1.99. The molecule has 0 spiro atoms. The molecule has 6 nitrogen and oxygen atoms in total. The number of anilines is 1. The van der Waals surface area contributed by atoms with Crippen molar-refractivity contribution in [2.24, 2.45) is 5.92 Å². The van der Waals surface area contributed by atoms with Gasteiger partial charge in [-0.3, -0.25) is 9.59 Å². The van der Waals surface area contributed by atoms with Crippen LogP contribution in [0.15, 0.2) is 18.3 Å². The van der Waals surface area contributed by atoms with E-state index in [1.54, 1.807) is 24.1 Å². The second-order valence-electron chi connectivity index (χ2n) is 5.93. The minimum absolute atomic E-state index is 0.0437. The lowest BCUT2D eigenvalue weighted by molar-refractivity contribution is -0.145. The van der Waals surface area contributed by atoms with Gasteiger partial charge in [0.05, 0.1) is 5.92 Å². The van der Waals surface area contributed by atoms with Crippen LogP contribution in [0.2, 0.25) is 0 Å². The fourth-order valence-electron chi connectivity index (χ4n) is 2.74. The lowest BCUT2D eigenvalue weighted by Gasteiger charge is -2.33. The Morgan fingerprint density at radius 2 is 2.26 bits per heavy atom. The maximum absolute atomic E-state index is 12.4. The molecular formula is C17H25N3O3. The predicted molar refractivity (Wildman–Crippen MR) is 88.0 cm³/mol. The molecule has 1 aliphatic heterocycles. The van der Waals surface area contributed by atoms with E-state index in [4.69, 9.17) is 4.74 Å². The van der Waals surface area contributed by atoms with E-state index in [1.165, 1.54) is 0 Å². The Labute approximate surface area is 137 Å². The van der Waals surface area contributed by atoms with Crippen LogP contribution in [-0.4, -0.2) is 47.5 Å². The van der Waals surface area contributed by atoms with Gasteiger partial charge in [-0.25, -0.2) is 4.98 Å². The standard InChI is InChI=1S/C17H25N3O3/c1-4-23-13(3)17(22)20-9-5-6-14(11-20)16(21)19-15-8-7-12(2)10-18-15/h7-8,10,13-14H,4-6,9,11H2,1-3H3,(H,18,19,21)/t13-,14-/m1/s1. The topological polar surface area (TPSA) is 71.5 Å². The average Bonchev–Trinajstić information content (AvgIpc) is 2.56. The molecule has 0 aliphatic carbocycles. The Balaban J connectivity index is 1.93. The van der Waals surface area contributed by atoms with E-state index < -0.39 is 6.10 Å². The van der Waals surface area contributed by atoms with Crippen LogP contribution >= 0.6 is 0 Å². The molecule has 6 heteroatoms. The molecule has 23 heavy (non-hydrogen) atoms. The molecule has 126 valence electrons. The van der Waals surface area contributed by atoms with Crippen LogP contribution in [0.4, 0.5) is 5.82 Å². The van der Waals surface area contributed by atoms with Gasteiger partial charge in [-0.1, -0.05) is 6.07 Å². The molecule has 1 aromatic rings. The van der Waals surface area contributed by atoms with Gasteiger partial charge in [-0.15, -0.1) is 0 Å². The van der Waals surface area contributed by atoms with E-state index >= 15 is 0 Å². The quantitative estimate of drug-likeness (QED) is 0.901. The molecule has 1 fully saturated rings. The van der Waals surface area contributed by atoms with E-state index in [0.717, 1.165) is 18.4 Å². The number of rotatable bonds is 5. The van der Waals surface area contributed by atoms with Gasteiger partial charge < -0.3 is 15.0 Å². The van der Waals surface area contributed by atoms with Crippen molar-refractivity contribution in [2.75, 3.05) is 25.0 Å². The van der Waals surface area contributed by atoms with E-state index in [-0.39, 0.29) is 17.7 Å². The van der Waals surface area contributed by atoms with Gasteiger partial charge in [0.15, 0.2) is 0 Å². The smallest absolute Gasteiger partial charge is 0.251 e. The molecule has 0 radical (unpaired) electrons. The van der Waals surface area contributed by atoms with Crippen LogP contribution in [-0.2, 0) is 14.3 Å². The minimum atomic E-state index is -0.458. The maximum Gasteiger partial charge on any atom is 0.251 e. The number of pyridine rings is 1.